The van der Waals surface area contributed by atoms with Gasteiger partial charge in [0.1, 0.15) is 5.69 Å². The summed E-state index contributed by atoms with van der Waals surface area (Å²) >= 11 is 0. The number of aryl methyl sites for hydroxylation is 2. The van der Waals surface area contributed by atoms with E-state index in [9.17, 15) is 19.8 Å². The molecule has 0 aliphatic heterocycles. The number of aromatic nitrogens is 2. The molecular formula is C28H26N4O4. The average molecular weight is 483 g/mol. The molecule has 5 rings (SSSR count). The van der Waals surface area contributed by atoms with Crippen LogP contribution in [0.5, 0.6) is 5.75 Å². The van der Waals surface area contributed by atoms with E-state index in [4.69, 9.17) is 0 Å². The van der Waals surface area contributed by atoms with Gasteiger partial charge < -0.3 is 10.2 Å². The number of phenols is 1. The maximum absolute atomic E-state index is 13.2. The molecular weight excluding hydrogens is 456 g/mol. The first kappa shape index (κ1) is 23.3. The molecule has 4 aromatic rings. The number of nitrogens with zero attached hydrogens (tertiary/aromatic N) is 3. The smallest absolute Gasteiger partial charge is 0.335 e. The van der Waals surface area contributed by atoms with Gasteiger partial charge in [0.25, 0.3) is 5.56 Å². The van der Waals surface area contributed by atoms with Gasteiger partial charge in [-0.1, -0.05) is 37.3 Å². The lowest BCUT2D eigenvalue weighted by atomic mass is 9.98. The van der Waals surface area contributed by atoms with Crippen molar-refractivity contribution < 1.29 is 15.0 Å². The zero-order valence-corrected chi connectivity index (χ0v) is 20.0. The molecule has 0 spiro atoms. The third-order valence-corrected chi connectivity index (χ3v) is 6.82. The van der Waals surface area contributed by atoms with Crippen LogP contribution in [0, 0.1) is 6.92 Å². The average Bonchev–Trinajstić information content (AvgIpc) is 3.42. The molecule has 1 aliphatic rings. The molecule has 1 heterocycles. The van der Waals surface area contributed by atoms with Crippen molar-refractivity contribution in [2.75, 3.05) is 0 Å². The van der Waals surface area contributed by atoms with Gasteiger partial charge in [-0.3, -0.25) is 9.89 Å². The van der Waals surface area contributed by atoms with Gasteiger partial charge in [-0.25, -0.2) is 9.48 Å². The normalized spacial score (nSPS) is 14.9. The van der Waals surface area contributed by atoms with E-state index >= 15 is 0 Å². The highest BCUT2D eigenvalue weighted by Gasteiger charge is 2.22. The topological polar surface area (TPSA) is 120 Å². The number of nitrogens with one attached hydrogen (secondary N) is 1. The first-order valence-corrected chi connectivity index (χ1v) is 11.9. The van der Waals surface area contributed by atoms with Crippen molar-refractivity contribution >= 4 is 17.3 Å². The minimum absolute atomic E-state index is 0.110. The largest absolute Gasteiger partial charge is 0.505 e. The van der Waals surface area contributed by atoms with Crippen molar-refractivity contribution in [2.24, 2.45) is 10.2 Å². The summed E-state index contributed by atoms with van der Waals surface area (Å²) in [6.07, 6.45) is 3.27. The van der Waals surface area contributed by atoms with Crippen molar-refractivity contribution in [3.63, 3.8) is 0 Å². The van der Waals surface area contributed by atoms with Gasteiger partial charge in [-0.15, -0.1) is 10.2 Å². The van der Waals surface area contributed by atoms with E-state index in [-0.39, 0.29) is 28.2 Å². The number of aromatic carboxylic acids is 1. The Hall–Kier alpha value is -4.46. The molecule has 182 valence electrons. The summed E-state index contributed by atoms with van der Waals surface area (Å²) < 4.78 is 1.47. The molecule has 1 aliphatic carbocycles. The van der Waals surface area contributed by atoms with E-state index in [0.717, 1.165) is 24.9 Å². The lowest BCUT2D eigenvalue weighted by Crippen LogP contribution is -2.14. The lowest BCUT2D eigenvalue weighted by Gasteiger charge is -2.10. The van der Waals surface area contributed by atoms with Gasteiger partial charge in [0.2, 0.25) is 0 Å². The number of benzene rings is 3. The highest BCUT2D eigenvalue weighted by Crippen LogP contribution is 2.38. The molecule has 3 N–H and O–H groups in total. The number of aromatic hydroxyl groups is 1. The minimum atomic E-state index is -1.06. The van der Waals surface area contributed by atoms with Gasteiger partial charge >= 0.3 is 5.97 Å². The van der Waals surface area contributed by atoms with Gasteiger partial charge in [0.15, 0.2) is 11.4 Å². The molecule has 0 amide bonds. The van der Waals surface area contributed by atoms with Crippen LogP contribution in [0.2, 0.25) is 0 Å². The fourth-order valence-corrected chi connectivity index (χ4v) is 4.84. The van der Waals surface area contributed by atoms with Crippen molar-refractivity contribution in [1.29, 1.82) is 0 Å². The fourth-order valence-electron chi connectivity index (χ4n) is 4.84. The van der Waals surface area contributed by atoms with Crippen LogP contribution in [0.25, 0.3) is 16.8 Å². The summed E-state index contributed by atoms with van der Waals surface area (Å²) in [5, 5.41) is 31.5. The monoisotopic (exact) mass is 482 g/mol. The van der Waals surface area contributed by atoms with Gasteiger partial charge in [-0.05, 0) is 79.1 Å². The maximum atomic E-state index is 13.2. The Bertz CT molecular complexity index is 1560. The molecule has 8 heteroatoms. The number of hydrogen-bond acceptors (Lipinski definition) is 5. The first-order chi connectivity index (χ1) is 17.4. The lowest BCUT2D eigenvalue weighted by molar-refractivity contribution is 0.0697. The molecule has 36 heavy (non-hydrogen) atoms. The highest BCUT2D eigenvalue weighted by atomic mass is 16.4. The van der Waals surface area contributed by atoms with Gasteiger partial charge in [0, 0.05) is 5.56 Å². The second-order valence-electron chi connectivity index (χ2n) is 9.01. The Balaban J connectivity index is 1.48. The van der Waals surface area contributed by atoms with E-state index in [1.54, 1.807) is 37.3 Å². The van der Waals surface area contributed by atoms with Crippen LogP contribution in [-0.2, 0) is 6.42 Å². The van der Waals surface area contributed by atoms with Gasteiger partial charge in [0.05, 0.1) is 16.9 Å². The zero-order valence-electron chi connectivity index (χ0n) is 20.0. The van der Waals surface area contributed by atoms with Crippen LogP contribution in [0.3, 0.4) is 0 Å². The molecule has 0 saturated heterocycles. The van der Waals surface area contributed by atoms with Crippen molar-refractivity contribution in [3.8, 4) is 22.6 Å². The number of carboxylic acid groups (broad SMARTS) is 1. The number of fused-ring (bicyclic) bond motifs is 1. The Morgan fingerprint density at radius 1 is 1.11 bits per heavy atom. The third-order valence-electron chi connectivity index (χ3n) is 6.82. The van der Waals surface area contributed by atoms with Crippen LogP contribution in [-0.4, -0.2) is 26.0 Å². The molecule has 1 aromatic heterocycles. The Morgan fingerprint density at radius 3 is 2.69 bits per heavy atom. The molecule has 0 saturated carbocycles. The number of carbonyl (C=O) groups is 1. The number of carboxylic acids is 1. The number of rotatable bonds is 6. The maximum Gasteiger partial charge on any atom is 0.335 e. The quantitative estimate of drug-likeness (QED) is 0.275. The summed E-state index contributed by atoms with van der Waals surface area (Å²) in [7, 11) is 0. The van der Waals surface area contributed by atoms with Crippen LogP contribution < -0.4 is 5.56 Å². The van der Waals surface area contributed by atoms with Crippen LogP contribution in [0.15, 0.2) is 75.7 Å². The Labute approximate surface area is 207 Å². The predicted molar refractivity (Wildman–Crippen MR) is 137 cm³/mol. The standard InChI is InChI=1S/C28H26N4O4/c1-3-17-10-11-18-12-13-21(15-23(17)18)32-27(34)25(16(2)31-32)30-29-24-9-5-8-22(26(24)33)19-6-4-7-20(14-19)28(35)36/h4-9,12-15,17,31,33H,3,10-11H2,1-2H3,(H,35,36). The second-order valence-corrected chi connectivity index (χ2v) is 9.01. The van der Waals surface area contributed by atoms with Crippen molar-refractivity contribution in [2.45, 2.75) is 39.0 Å². The molecule has 1 atom stereocenters. The number of hydrogen-bond donors (Lipinski definition) is 3. The molecule has 0 bridgehead atoms. The predicted octanol–water partition coefficient (Wildman–Crippen LogP) is 6.40. The van der Waals surface area contributed by atoms with E-state index in [1.165, 1.54) is 27.9 Å². The number of phenolic OH excluding ortho intramolecular Hbond substituents is 1. The van der Waals surface area contributed by atoms with E-state index in [1.807, 2.05) is 6.07 Å². The van der Waals surface area contributed by atoms with E-state index in [0.29, 0.717) is 22.7 Å². The van der Waals surface area contributed by atoms with Crippen molar-refractivity contribution in [1.82, 2.24) is 9.78 Å². The van der Waals surface area contributed by atoms with Crippen LogP contribution in [0.1, 0.15) is 52.9 Å². The second kappa shape index (κ2) is 9.30. The number of azo groups is 1. The first-order valence-electron chi connectivity index (χ1n) is 11.9. The minimum Gasteiger partial charge on any atom is -0.505 e. The summed E-state index contributed by atoms with van der Waals surface area (Å²) in [6, 6.07) is 17.3. The summed E-state index contributed by atoms with van der Waals surface area (Å²) in [4.78, 5) is 24.5. The zero-order chi connectivity index (χ0) is 25.4. The van der Waals surface area contributed by atoms with Crippen LogP contribution >= 0.6 is 0 Å². The van der Waals surface area contributed by atoms with Crippen LogP contribution in [0.4, 0.5) is 11.4 Å². The van der Waals surface area contributed by atoms with Gasteiger partial charge in [-0.2, -0.15) is 0 Å². The fraction of sp³-hybridized carbons (Fsp3) is 0.214. The third kappa shape index (κ3) is 4.11. The summed E-state index contributed by atoms with van der Waals surface area (Å²) in [5.74, 6) is -0.696. The molecule has 0 radical (unpaired) electrons. The SMILES string of the molecule is CCC1CCc2ccc(-n3[nH]c(C)c(N=Nc4cccc(-c5cccc(C(=O)O)c5)c4O)c3=O)cc21. The van der Waals surface area contributed by atoms with E-state index < -0.39 is 5.97 Å². The molecule has 8 nitrogen and oxygen atoms in total. The highest BCUT2D eigenvalue weighted by molar-refractivity contribution is 5.90. The summed E-state index contributed by atoms with van der Waals surface area (Å²) in [5.41, 5.74) is 5.01. The number of H-pyrrole nitrogens is 1. The van der Waals surface area contributed by atoms with Crippen molar-refractivity contribution in [3.05, 3.63) is 93.4 Å². The molecule has 1 unspecified atom stereocenters. The Kier molecular flexibility index (Phi) is 6.01. The molecule has 0 fully saturated rings. The number of aromatic amines is 1. The Morgan fingerprint density at radius 2 is 1.92 bits per heavy atom. The van der Waals surface area contributed by atoms with E-state index in [2.05, 4.69) is 34.4 Å². The number of para-hydroxylation sites is 1. The molecule has 3 aromatic carbocycles. The summed E-state index contributed by atoms with van der Waals surface area (Å²) in [6.45, 7) is 3.94.